The van der Waals surface area contributed by atoms with Crippen molar-refractivity contribution in [1.29, 1.82) is 0 Å². The molecule has 0 amide bonds. The smallest absolute Gasteiger partial charge is 0.203 e. The third-order valence-electron chi connectivity index (χ3n) is 4.46. The normalized spacial score (nSPS) is 17.1. The minimum absolute atomic E-state index is 0.446. The number of benzene rings is 1. The molecule has 25 heavy (non-hydrogen) atoms. The van der Waals surface area contributed by atoms with Crippen molar-refractivity contribution in [1.82, 2.24) is 19.6 Å². The second-order valence-electron chi connectivity index (χ2n) is 6.45. The molecule has 1 aromatic carbocycles. The van der Waals surface area contributed by atoms with Crippen LogP contribution in [0.5, 0.6) is 0 Å². The molecule has 0 bridgehead atoms. The van der Waals surface area contributed by atoms with E-state index in [1.807, 2.05) is 38.3 Å². The van der Waals surface area contributed by atoms with Crippen LogP contribution in [0, 0.1) is 0 Å². The molecular weight excluding hydrogens is 332 g/mol. The van der Waals surface area contributed by atoms with Gasteiger partial charge in [-0.25, -0.2) is 4.98 Å². The highest BCUT2D eigenvalue weighted by atomic mass is 32.2. The molecule has 6 nitrogen and oxygen atoms in total. The first-order valence-electron chi connectivity index (χ1n) is 8.54. The van der Waals surface area contributed by atoms with E-state index in [0.29, 0.717) is 11.8 Å². The first-order chi connectivity index (χ1) is 12.2. The van der Waals surface area contributed by atoms with Gasteiger partial charge in [-0.1, -0.05) is 12.1 Å². The first kappa shape index (κ1) is 16.2. The summed E-state index contributed by atoms with van der Waals surface area (Å²) in [7, 11) is 4.10. The van der Waals surface area contributed by atoms with Gasteiger partial charge in [0.2, 0.25) is 5.65 Å². The van der Waals surface area contributed by atoms with Gasteiger partial charge in [0.1, 0.15) is 0 Å². The van der Waals surface area contributed by atoms with Crippen LogP contribution in [0.25, 0.3) is 5.65 Å². The molecule has 4 rings (SSSR count). The first-order valence-corrected chi connectivity index (χ1v) is 9.58. The molecule has 1 saturated heterocycles. The average Bonchev–Trinajstić information content (AvgIpc) is 3.29. The predicted molar refractivity (Wildman–Crippen MR) is 103 cm³/mol. The van der Waals surface area contributed by atoms with Crippen molar-refractivity contribution >= 4 is 28.9 Å². The van der Waals surface area contributed by atoms with Crippen molar-refractivity contribution in [3.05, 3.63) is 48.0 Å². The molecule has 1 atom stereocenters. The fraction of sp³-hybridized carbons (Fsp3) is 0.389. The minimum atomic E-state index is 0.446. The second kappa shape index (κ2) is 6.92. The van der Waals surface area contributed by atoms with Gasteiger partial charge in [-0.15, -0.1) is 10.2 Å². The standard InChI is InChI=1S/C18H22N6S/c1-23(2)14-6-3-5-13(11-14)12-20-16-18-22-21-17(15-7-4-10-25-15)24(18)9-8-19-16/h3,5-6,8-9,11,15H,4,7,10,12H2,1-2H3,(H,19,20)/t15-/m0/s1. The molecule has 130 valence electrons. The van der Waals surface area contributed by atoms with E-state index in [1.165, 1.54) is 29.8 Å². The van der Waals surface area contributed by atoms with Gasteiger partial charge in [0.05, 0.1) is 5.25 Å². The van der Waals surface area contributed by atoms with Gasteiger partial charge in [-0.3, -0.25) is 4.40 Å². The number of hydrogen-bond acceptors (Lipinski definition) is 6. The summed E-state index contributed by atoms with van der Waals surface area (Å²) in [5, 5.41) is 12.7. The van der Waals surface area contributed by atoms with E-state index >= 15 is 0 Å². The van der Waals surface area contributed by atoms with E-state index in [0.717, 1.165) is 17.3 Å². The van der Waals surface area contributed by atoms with Gasteiger partial charge in [0.15, 0.2) is 11.6 Å². The predicted octanol–water partition coefficient (Wildman–Crippen LogP) is 3.37. The molecule has 0 aliphatic carbocycles. The van der Waals surface area contributed by atoms with E-state index in [1.54, 1.807) is 0 Å². The van der Waals surface area contributed by atoms with E-state index in [-0.39, 0.29) is 0 Å². The number of thioether (sulfide) groups is 1. The Labute approximate surface area is 151 Å². The number of rotatable bonds is 5. The molecule has 1 aliphatic heterocycles. The van der Waals surface area contributed by atoms with Crippen molar-refractivity contribution in [2.24, 2.45) is 0 Å². The maximum absolute atomic E-state index is 4.47. The molecule has 3 aromatic rings. The summed E-state index contributed by atoms with van der Waals surface area (Å²) in [6.45, 7) is 0.703. The van der Waals surface area contributed by atoms with Gasteiger partial charge in [-0.2, -0.15) is 11.8 Å². The molecule has 1 aliphatic rings. The summed E-state index contributed by atoms with van der Waals surface area (Å²) in [4.78, 5) is 6.57. The monoisotopic (exact) mass is 354 g/mol. The highest BCUT2D eigenvalue weighted by Gasteiger charge is 2.23. The summed E-state index contributed by atoms with van der Waals surface area (Å²) >= 11 is 1.97. The molecule has 0 spiro atoms. The average molecular weight is 354 g/mol. The molecule has 7 heteroatoms. The third kappa shape index (κ3) is 3.28. The van der Waals surface area contributed by atoms with Crippen molar-refractivity contribution in [3.63, 3.8) is 0 Å². The maximum Gasteiger partial charge on any atom is 0.203 e. The Hall–Kier alpha value is -2.28. The summed E-state index contributed by atoms with van der Waals surface area (Å²) in [5.74, 6) is 3.02. The van der Waals surface area contributed by atoms with Crippen molar-refractivity contribution < 1.29 is 0 Å². The van der Waals surface area contributed by atoms with Crippen molar-refractivity contribution in [2.75, 3.05) is 30.1 Å². The zero-order chi connectivity index (χ0) is 17.2. The van der Waals surface area contributed by atoms with Crippen LogP contribution in [0.4, 0.5) is 11.5 Å². The Morgan fingerprint density at radius 3 is 3.04 bits per heavy atom. The molecule has 3 heterocycles. The summed E-state index contributed by atoms with van der Waals surface area (Å²) in [5.41, 5.74) is 3.20. The van der Waals surface area contributed by atoms with Gasteiger partial charge in [0, 0.05) is 38.7 Å². The number of fused-ring (bicyclic) bond motifs is 1. The van der Waals surface area contributed by atoms with Crippen LogP contribution >= 0.6 is 11.8 Å². The van der Waals surface area contributed by atoms with Crippen LogP contribution in [0.1, 0.15) is 29.5 Å². The third-order valence-corrected chi connectivity index (χ3v) is 5.83. The zero-order valence-electron chi connectivity index (χ0n) is 14.5. The Kier molecular flexibility index (Phi) is 4.48. The van der Waals surface area contributed by atoms with E-state index in [2.05, 4.69) is 54.1 Å². The Balaban J connectivity index is 1.56. The van der Waals surface area contributed by atoms with E-state index in [4.69, 9.17) is 0 Å². The minimum Gasteiger partial charge on any atom is -0.378 e. The SMILES string of the molecule is CN(C)c1cccc(CNc2nccn3c([C@@H]4CCCS4)nnc23)c1. The maximum atomic E-state index is 4.47. The van der Waals surface area contributed by atoms with Crippen LogP contribution in [-0.4, -0.2) is 39.4 Å². The van der Waals surface area contributed by atoms with Crippen LogP contribution in [-0.2, 0) is 6.54 Å². The van der Waals surface area contributed by atoms with Gasteiger partial charge >= 0.3 is 0 Å². The summed E-state index contributed by atoms with van der Waals surface area (Å²) < 4.78 is 2.08. The number of aromatic nitrogens is 4. The lowest BCUT2D eigenvalue weighted by atomic mass is 10.2. The molecular formula is C18H22N6S. The molecule has 0 unspecified atom stereocenters. The van der Waals surface area contributed by atoms with Crippen molar-refractivity contribution in [3.8, 4) is 0 Å². The Morgan fingerprint density at radius 1 is 1.32 bits per heavy atom. The Morgan fingerprint density at radius 2 is 2.24 bits per heavy atom. The van der Waals surface area contributed by atoms with Crippen LogP contribution < -0.4 is 10.2 Å². The summed E-state index contributed by atoms with van der Waals surface area (Å²) in [6, 6.07) is 8.47. The molecule has 1 fully saturated rings. The number of hydrogen-bond donors (Lipinski definition) is 1. The van der Waals surface area contributed by atoms with E-state index in [9.17, 15) is 0 Å². The second-order valence-corrected chi connectivity index (χ2v) is 7.76. The van der Waals surface area contributed by atoms with Crippen LogP contribution in [0.15, 0.2) is 36.7 Å². The lowest BCUT2D eigenvalue weighted by Gasteiger charge is -2.14. The fourth-order valence-corrected chi connectivity index (χ4v) is 4.36. The fourth-order valence-electron chi connectivity index (χ4n) is 3.10. The quantitative estimate of drug-likeness (QED) is 0.758. The number of anilines is 2. The van der Waals surface area contributed by atoms with Crippen molar-refractivity contribution in [2.45, 2.75) is 24.6 Å². The molecule has 1 N–H and O–H groups in total. The largest absolute Gasteiger partial charge is 0.378 e. The van der Waals surface area contributed by atoms with Gasteiger partial charge < -0.3 is 10.2 Å². The van der Waals surface area contributed by atoms with Gasteiger partial charge in [0.25, 0.3) is 0 Å². The zero-order valence-corrected chi connectivity index (χ0v) is 15.3. The van der Waals surface area contributed by atoms with Crippen LogP contribution in [0.3, 0.4) is 0 Å². The van der Waals surface area contributed by atoms with Gasteiger partial charge in [-0.05, 0) is 36.3 Å². The lowest BCUT2D eigenvalue weighted by Crippen LogP contribution is -2.09. The topological polar surface area (TPSA) is 58.4 Å². The lowest BCUT2D eigenvalue weighted by molar-refractivity contribution is 0.765. The molecule has 2 aromatic heterocycles. The molecule has 0 saturated carbocycles. The number of nitrogens with zero attached hydrogens (tertiary/aromatic N) is 5. The highest BCUT2D eigenvalue weighted by Crippen LogP contribution is 2.39. The van der Waals surface area contributed by atoms with Crippen LogP contribution in [0.2, 0.25) is 0 Å². The Bertz CT molecular complexity index is 869. The number of nitrogens with one attached hydrogen (secondary N) is 1. The summed E-state index contributed by atoms with van der Waals surface area (Å²) in [6.07, 6.45) is 6.20. The highest BCUT2D eigenvalue weighted by molar-refractivity contribution is 7.99. The molecule has 0 radical (unpaired) electrons. The van der Waals surface area contributed by atoms with E-state index < -0.39 is 0 Å².